The number of alkyl carbamates (subject to hydrolysis) is 1. The Balaban J connectivity index is 1.39. The average Bonchev–Trinajstić information content (AvgIpc) is 3.10. The lowest BCUT2D eigenvalue weighted by molar-refractivity contribution is -0.142. The van der Waals surface area contributed by atoms with E-state index in [0.29, 0.717) is 0 Å². The molecule has 0 aliphatic heterocycles. The van der Waals surface area contributed by atoms with E-state index < -0.39 is 28.9 Å². The normalized spacial score (nSPS) is 16.9. The van der Waals surface area contributed by atoms with Crippen molar-refractivity contribution >= 4 is 18.0 Å². The van der Waals surface area contributed by atoms with Gasteiger partial charge >= 0.3 is 12.1 Å². The fourth-order valence-electron chi connectivity index (χ4n) is 5.22. The standard InChI is InChI=1S/C28H34N2O5/c1-27(2,3)24(25(33)29-17-28(13-8-14-28)15-23(31)32)30-26(34)35-16-22-20-11-6-4-9-18(20)19-10-5-7-12-21(19)22/h4-7,9-12,22,24H,8,13-17H2,1-3H3,(H,29,33)(H,30,34)(H,31,32). The van der Waals surface area contributed by atoms with Gasteiger partial charge in [0.25, 0.3) is 0 Å². The zero-order valence-electron chi connectivity index (χ0n) is 20.6. The fourth-order valence-corrected chi connectivity index (χ4v) is 5.22. The maximum Gasteiger partial charge on any atom is 0.407 e. The largest absolute Gasteiger partial charge is 0.481 e. The Kier molecular flexibility index (Phi) is 6.88. The molecule has 2 amide bonds. The van der Waals surface area contributed by atoms with Crippen LogP contribution in [-0.4, -0.2) is 42.3 Å². The van der Waals surface area contributed by atoms with E-state index in [0.717, 1.165) is 41.5 Å². The van der Waals surface area contributed by atoms with Gasteiger partial charge in [-0.1, -0.05) is 75.7 Å². The third-order valence-electron chi connectivity index (χ3n) is 7.31. The topological polar surface area (TPSA) is 105 Å². The van der Waals surface area contributed by atoms with Crippen molar-refractivity contribution in [1.29, 1.82) is 0 Å². The Morgan fingerprint density at radius 1 is 1.03 bits per heavy atom. The number of ether oxygens (including phenoxy) is 1. The van der Waals surface area contributed by atoms with Gasteiger partial charge < -0.3 is 20.5 Å². The number of rotatable bonds is 8. The van der Waals surface area contributed by atoms with E-state index in [-0.39, 0.29) is 31.4 Å². The Morgan fingerprint density at radius 3 is 2.09 bits per heavy atom. The molecule has 2 aromatic rings. The van der Waals surface area contributed by atoms with Crippen molar-refractivity contribution in [3.05, 3.63) is 59.7 Å². The van der Waals surface area contributed by atoms with Crippen molar-refractivity contribution in [1.82, 2.24) is 10.6 Å². The number of carbonyl (C=O) groups excluding carboxylic acids is 2. The van der Waals surface area contributed by atoms with Crippen molar-refractivity contribution in [2.45, 2.75) is 58.4 Å². The van der Waals surface area contributed by atoms with E-state index in [1.165, 1.54) is 0 Å². The van der Waals surface area contributed by atoms with Gasteiger partial charge in [0.05, 0.1) is 6.42 Å². The summed E-state index contributed by atoms with van der Waals surface area (Å²) in [5.41, 5.74) is 3.58. The number of benzene rings is 2. The smallest absolute Gasteiger partial charge is 0.407 e. The maximum absolute atomic E-state index is 13.1. The number of hydrogen-bond acceptors (Lipinski definition) is 4. The molecular weight excluding hydrogens is 444 g/mol. The Bertz CT molecular complexity index is 1070. The summed E-state index contributed by atoms with van der Waals surface area (Å²) in [4.78, 5) is 37.1. The maximum atomic E-state index is 13.1. The zero-order valence-corrected chi connectivity index (χ0v) is 20.6. The number of carboxylic acids is 1. The Hall–Kier alpha value is -3.35. The highest BCUT2D eigenvalue weighted by Gasteiger charge is 2.41. The predicted octanol–water partition coefficient (Wildman–Crippen LogP) is 4.70. The summed E-state index contributed by atoms with van der Waals surface area (Å²) in [6.45, 7) is 6.07. The minimum absolute atomic E-state index is 0.0350. The molecule has 0 spiro atoms. The average molecular weight is 479 g/mol. The fraction of sp³-hybridized carbons (Fsp3) is 0.464. The van der Waals surface area contributed by atoms with Crippen LogP contribution >= 0.6 is 0 Å². The van der Waals surface area contributed by atoms with Crippen LogP contribution in [0.25, 0.3) is 11.1 Å². The molecule has 0 aromatic heterocycles. The van der Waals surface area contributed by atoms with E-state index in [1.807, 2.05) is 45.0 Å². The molecule has 0 bridgehead atoms. The first kappa shape index (κ1) is 24.8. The summed E-state index contributed by atoms with van der Waals surface area (Å²) in [5.74, 6) is -1.25. The van der Waals surface area contributed by atoms with Crippen LogP contribution in [-0.2, 0) is 14.3 Å². The second-order valence-corrected chi connectivity index (χ2v) is 10.9. The molecule has 186 valence electrons. The lowest BCUT2D eigenvalue weighted by Crippen LogP contribution is -2.56. The molecule has 1 unspecified atom stereocenters. The van der Waals surface area contributed by atoms with Crippen molar-refractivity contribution in [3.8, 4) is 11.1 Å². The highest BCUT2D eigenvalue weighted by atomic mass is 16.5. The summed E-state index contributed by atoms with van der Waals surface area (Å²) < 4.78 is 5.64. The molecule has 0 heterocycles. The zero-order chi connectivity index (χ0) is 25.2. The summed E-state index contributed by atoms with van der Waals surface area (Å²) in [6, 6.07) is 15.4. The van der Waals surface area contributed by atoms with Gasteiger partial charge in [-0.15, -0.1) is 0 Å². The third-order valence-corrected chi connectivity index (χ3v) is 7.31. The van der Waals surface area contributed by atoms with E-state index in [9.17, 15) is 19.5 Å². The number of fused-ring (bicyclic) bond motifs is 3. The molecule has 7 heteroatoms. The van der Waals surface area contributed by atoms with Gasteiger partial charge in [0, 0.05) is 12.5 Å². The molecule has 1 atom stereocenters. The number of carboxylic acid groups (broad SMARTS) is 1. The van der Waals surface area contributed by atoms with Gasteiger partial charge in [0.15, 0.2) is 0 Å². The molecule has 35 heavy (non-hydrogen) atoms. The number of nitrogens with one attached hydrogen (secondary N) is 2. The van der Waals surface area contributed by atoms with Gasteiger partial charge in [0.1, 0.15) is 12.6 Å². The van der Waals surface area contributed by atoms with Crippen LogP contribution in [0.5, 0.6) is 0 Å². The van der Waals surface area contributed by atoms with Crippen LogP contribution in [0, 0.1) is 10.8 Å². The summed E-state index contributed by atoms with van der Waals surface area (Å²) in [5, 5.41) is 14.9. The first-order valence-corrected chi connectivity index (χ1v) is 12.2. The van der Waals surface area contributed by atoms with Crippen molar-refractivity contribution in [3.63, 3.8) is 0 Å². The second-order valence-electron chi connectivity index (χ2n) is 10.9. The number of amides is 2. The summed E-state index contributed by atoms with van der Waals surface area (Å²) >= 11 is 0. The molecule has 7 nitrogen and oxygen atoms in total. The minimum Gasteiger partial charge on any atom is -0.481 e. The van der Waals surface area contributed by atoms with Gasteiger partial charge in [-0.05, 0) is 45.9 Å². The molecule has 2 aliphatic carbocycles. The van der Waals surface area contributed by atoms with Crippen LogP contribution in [0.2, 0.25) is 0 Å². The molecule has 1 saturated carbocycles. The first-order chi connectivity index (χ1) is 16.6. The highest BCUT2D eigenvalue weighted by molar-refractivity contribution is 5.86. The number of hydrogen-bond donors (Lipinski definition) is 3. The highest BCUT2D eigenvalue weighted by Crippen LogP contribution is 2.45. The Morgan fingerprint density at radius 2 is 1.60 bits per heavy atom. The van der Waals surface area contributed by atoms with Crippen molar-refractivity contribution < 1.29 is 24.2 Å². The molecule has 2 aromatic carbocycles. The van der Waals surface area contributed by atoms with Crippen molar-refractivity contribution in [2.75, 3.05) is 13.2 Å². The first-order valence-electron chi connectivity index (χ1n) is 12.2. The quantitative estimate of drug-likeness (QED) is 0.510. The van der Waals surface area contributed by atoms with E-state index in [4.69, 9.17) is 4.74 Å². The van der Waals surface area contributed by atoms with Crippen LogP contribution in [0.4, 0.5) is 4.79 Å². The van der Waals surface area contributed by atoms with Gasteiger partial charge in [0.2, 0.25) is 5.91 Å². The molecule has 1 fully saturated rings. The molecule has 0 saturated heterocycles. The van der Waals surface area contributed by atoms with Crippen LogP contribution in [0.1, 0.15) is 63.5 Å². The molecule has 4 rings (SSSR count). The lowest BCUT2D eigenvalue weighted by Gasteiger charge is -2.41. The van der Waals surface area contributed by atoms with Crippen molar-refractivity contribution in [2.24, 2.45) is 10.8 Å². The second kappa shape index (κ2) is 9.72. The molecular formula is C28H34N2O5. The van der Waals surface area contributed by atoms with Crippen LogP contribution in [0.15, 0.2) is 48.5 Å². The SMILES string of the molecule is CC(C)(C)C(NC(=O)OCC1c2ccccc2-c2ccccc21)C(=O)NCC1(CC(=O)O)CCC1. The molecule has 2 aliphatic rings. The van der Waals surface area contributed by atoms with E-state index >= 15 is 0 Å². The molecule has 3 N–H and O–H groups in total. The van der Waals surface area contributed by atoms with E-state index in [2.05, 4.69) is 34.9 Å². The number of aliphatic carboxylic acids is 1. The van der Waals surface area contributed by atoms with E-state index in [1.54, 1.807) is 0 Å². The monoisotopic (exact) mass is 478 g/mol. The van der Waals surface area contributed by atoms with Gasteiger partial charge in [-0.2, -0.15) is 0 Å². The number of carbonyl (C=O) groups is 3. The minimum atomic E-state index is -0.858. The molecule has 0 radical (unpaired) electrons. The van der Waals surface area contributed by atoms with Gasteiger partial charge in [-0.25, -0.2) is 4.79 Å². The summed E-state index contributed by atoms with van der Waals surface area (Å²) in [7, 11) is 0. The van der Waals surface area contributed by atoms with Gasteiger partial charge in [-0.3, -0.25) is 9.59 Å². The lowest BCUT2D eigenvalue weighted by atomic mass is 9.66. The third kappa shape index (κ3) is 5.34. The summed E-state index contributed by atoms with van der Waals surface area (Å²) in [6.07, 6.45) is 1.90. The van der Waals surface area contributed by atoms with Crippen LogP contribution in [0.3, 0.4) is 0 Å². The van der Waals surface area contributed by atoms with Crippen LogP contribution < -0.4 is 10.6 Å². The predicted molar refractivity (Wildman–Crippen MR) is 133 cm³/mol. The Labute approximate surface area is 206 Å².